The standard InChI is InChI=1S/C27H39NO2S/c1-3-21(4-2)20-27(18-12-7-13-19-27)26(30)28-23-16-10-11-17-24(23)31-25(29)22-14-8-5-6-9-15-22/h5,8,10-11,16-17,21-22H,3-4,6-7,9,12-15,18-20H2,1-2H3,(H,28,30). The van der Waals surface area contributed by atoms with Crippen LogP contribution in [0.3, 0.4) is 0 Å². The highest BCUT2D eigenvalue weighted by Gasteiger charge is 2.40. The second-order valence-electron chi connectivity index (χ2n) is 9.43. The van der Waals surface area contributed by atoms with Gasteiger partial charge in [0.05, 0.1) is 5.69 Å². The molecule has 2 aliphatic carbocycles. The van der Waals surface area contributed by atoms with E-state index in [1.807, 2.05) is 24.3 Å². The van der Waals surface area contributed by atoms with Crippen LogP contribution in [0.15, 0.2) is 41.3 Å². The molecule has 1 atom stereocenters. The number of hydrogen-bond acceptors (Lipinski definition) is 3. The highest BCUT2D eigenvalue weighted by atomic mass is 32.2. The maximum atomic E-state index is 13.6. The fraction of sp³-hybridized carbons (Fsp3) is 0.630. The predicted octanol–water partition coefficient (Wildman–Crippen LogP) is 7.77. The normalized spacial score (nSPS) is 20.9. The molecule has 1 fully saturated rings. The van der Waals surface area contributed by atoms with Crippen molar-refractivity contribution in [2.45, 2.75) is 95.8 Å². The summed E-state index contributed by atoms with van der Waals surface area (Å²) in [4.78, 5) is 27.5. The Hall–Kier alpha value is -1.55. The molecular weight excluding hydrogens is 402 g/mol. The van der Waals surface area contributed by atoms with Crippen molar-refractivity contribution < 1.29 is 9.59 Å². The topological polar surface area (TPSA) is 46.2 Å². The second-order valence-corrected chi connectivity index (χ2v) is 10.5. The maximum absolute atomic E-state index is 13.6. The Morgan fingerprint density at radius 3 is 2.55 bits per heavy atom. The molecule has 1 saturated carbocycles. The summed E-state index contributed by atoms with van der Waals surface area (Å²) in [5, 5.41) is 3.49. The smallest absolute Gasteiger partial charge is 0.230 e. The van der Waals surface area contributed by atoms with Gasteiger partial charge in [-0.2, -0.15) is 0 Å². The molecule has 3 rings (SSSR count). The average Bonchev–Trinajstić information content (AvgIpc) is 3.09. The van der Waals surface area contributed by atoms with E-state index in [1.165, 1.54) is 18.2 Å². The Bertz CT molecular complexity index is 762. The molecule has 0 aromatic heterocycles. The van der Waals surface area contributed by atoms with Gasteiger partial charge < -0.3 is 5.32 Å². The number of hydrogen-bond donors (Lipinski definition) is 1. The minimum Gasteiger partial charge on any atom is -0.325 e. The highest BCUT2D eigenvalue weighted by molar-refractivity contribution is 8.13. The summed E-state index contributed by atoms with van der Waals surface area (Å²) in [6, 6.07) is 7.83. The minimum absolute atomic E-state index is 0.0760. The second kappa shape index (κ2) is 11.9. The van der Waals surface area contributed by atoms with Crippen LogP contribution in [0.25, 0.3) is 0 Å². The van der Waals surface area contributed by atoms with Gasteiger partial charge >= 0.3 is 0 Å². The van der Waals surface area contributed by atoms with Crippen molar-refractivity contribution in [2.24, 2.45) is 17.3 Å². The van der Waals surface area contributed by atoms with Crippen molar-refractivity contribution in [2.75, 3.05) is 5.32 Å². The van der Waals surface area contributed by atoms with Gasteiger partial charge in [0.15, 0.2) is 5.12 Å². The van der Waals surface area contributed by atoms with Crippen molar-refractivity contribution in [1.82, 2.24) is 0 Å². The zero-order valence-corrected chi connectivity index (χ0v) is 20.1. The van der Waals surface area contributed by atoms with Gasteiger partial charge in [0.2, 0.25) is 5.91 Å². The lowest BCUT2D eigenvalue weighted by molar-refractivity contribution is -0.128. The van der Waals surface area contributed by atoms with Crippen LogP contribution in [0.5, 0.6) is 0 Å². The molecule has 1 aromatic carbocycles. The van der Waals surface area contributed by atoms with Gasteiger partial charge in [-0.25, -0.2) is 0 Å². The SMILES string of the molecule is CCC(CC)CC1(C(=O)Nc2ccccc2SC(=O)C2CC=CCCC2)CCCCC1. The zero-order chi connectivity index (χ0) is 22.1. The number of benzene rings is 1. The molecule has 1 N–H and O–H groups in total. The molecule has 0 spiro atoms. The number of thioether (sulfide) groups is 1. The molecule has 1 aromatic rings. The summed E-state index contributed by atoms with van der Waals surface area (Å²) >= 11 is 1.31. The summed E-state index contributed by atoms with van der Waals surface area (Å²) in [6.07, 6.45) is 17.0. The lowest BCUT2D eigenvalue weighted by Gasteiger charge is -2.38. The number of carbonyl (C=O) groups is 2. The molecule has 170 valence electrons. The van der Waals surface area contributed by atoms with Gasteiger partial charge in [0.25, 0.3) is 0 Å². The Balaban J connectivity index is 1.74. The maximum Gasteiger partial charge on any atom is 0.230 e. The van der Waals surface area contributed by atoms with E-state index in [1.54, 1.807) is 0 Å². The summed E-state index contributed by atoms with van der Waals surface area (Å²) in [5.74, 6) is 0.836. The number of para-hydroxylation sites is 1. The first-order valence-electron chi connectivity index (χ1n) is 12.3. The van der Waals surface area contributed by atoms with Gasteiger partial charge in [-0.15, -0.1) is 0 Å². The third kappa shape index (κ3) is 6.47. The van der Waals surface area contributed by atoms with Crippen LogP contribution in [0.2, 0.25) is 0 Å². The third-order valence-corrected chi connectivity index (χ3v) is 8.43. The Labute approximate surface area is 192 Å². The van der Waals surface area contributed by atoms with Crippen LogP contribution < -0.4 is 5.32 Å². The largest absolute Gasteiger partial charge is 0.325 e. The van der Waals surface area contributed by atoms with E-state index in [0.717, 1.165) is 81.2 Å². The Kier molecular flexibility index (Phi) is 9.25. The van der Waals surface area contributed by atoms with Gasteiger partial charge in [-0.05, 0) is 74.8 Å². The molecule has 4 heteroatoms. The molecule has 1 unspecified atom stereocenters. The summed E-state index contributed by atoms with van der Waals surface area (Å²) in [7, 11) is 0. The number of rotatable bonds is 8. The molecule has 0 bridgehead atoms. The lowest BCUT2D eigenvalue weighted by Crippen LogP contribution is -2.39. The molecule has 0 aliphatic heterocycles. The first-order valence-corrected chi connectivity index (χ1v) is 13.2. The molecule has 2 aliphatic rings. The van der Waals surface area contributed by atoms with Crippen LogP contribution in [0.4, 0.5) is 5.69 Å². The van der Waals surface area contributed by atoms with Crippen LogP contribution in [0.1, 0.15) is 90.9 Å². The number of amides is 1. The quantitative estimate of drug-likeness (QED) is 0.331. The molecule has 1 amide bonds. The molecule has 31 heavy (non-hydrogen) atoms. The summed E-state index contributed by atoms with van der Waals surface area (Å²) < 4.78 is 0. The van der Waals surface area contributed by atoms with Crippen LogP contribution in [-0.2, 0) is 9.59 Å². The molecule has 0 radical (unpaired) electrons. The molecular formula is C27H39NO2S. The number of anilines is 1. The number of allylic oxidation sites excluding steroid dienone is 2. The van der Waals surface area contributed by atoms with Crippen molar-refractivity contribution in [1.29, 1.82) is 0 Å². The van der Waals surface area contributed by atoms with Crippen LogP contribution in [-0.4, -0.2) is 11.0 Å². The van der Waals surface area contributed by atoms with E-state index in [2.05, 4.69) is 31.3 Å². The highest BCUT2D eigenvalue weighted by Crippen LogP contribution is 2.44. The summed E-state index contributed by atoms with van der Waals surface area (Å²) in [6.45, 7) is 4.48. The van der Waals surface area contributed by atoms with E-state index in [4.69, 9.17) is 0 Å². The average molecular weight is 442 g/mol. The van der Waals surface area contributed by atoms with Gasteiger partial charge in [-0.3, -0.25) is 9.59 Å². The number of nitrogens with one attached hydrogen (secondary N) is 1. The van der Waals surface area contributed by atoms with Crippen LogP contribution in [0, 0.1) is 17.3 Å². The molecule has 0 heterocycles. The zero-order valence-electron chi connectivity index (χ0n) is 19.3. The Morgan fingerprint density at radius 2 is 1.81 bits per heavy atom. The number of carbonyl (C=O) groups excluding carboxylic acids is 2. The van der Waals surface area contributed by atoms with E-state index < -0.39 is 0 Å². The fourth-order valence-corrected chi connectivity index (χ4v) is 6.15. The van der Waals surface area contributed by atoms with Crippen molar-refractivity contribution in [3.8, 4) is 0 Å². The first-order chi connectivity index (χ1) is 15.1. The first kappa shape index (κ1) is 24.1. The monoisotopic (exact) mass is 441 g/mol. The van der Waals surface area contributed by atoms with Crippen molar-refractivity contribution in [3.63, 3.8) is 0 Å². The van der Waals surface area contributed by atoms with E-state index in [-0.39, 0.29) is 22.4 Å². The summed E-state index contributed by atoms with van der Waals surface area (Å²) in [5.41, 5.74) is 0.535. The fourth-order valence-electron chi connectivity index (χ4n) is 5.18. The molecule has 3 nitrogen and oxygen atoms in total. The lowest BCUT2D eigenvalue weighted by atomic mass is 9.67. The minimum atomic E-state index is -0.261. The van der Waals surface area contributed by atoms with Crippen molar-refractivity contribution in [3.05, 3.63) is 36.4 Å². The van der Waals surface area contributed by atoms with Gasteiger partial charge in [-0.1, -0.05) is 70.2 Å². The predicted molar refractivity (Wildman–Crippen MR) is 131 cm³/mol. The van der Waals surface area contributed by atoms with Gasteiger partial charge in [0, 0.05) is 16.2 Å². The van der Waals surface area contributed by atoms with E-state index in [9.17, 15) is 9.59 Å². The third-order valence-electron chi connectivity index (χ3n) is 7.32. The van der Waals surface area contributed by atoms with Gasteiger partial charge in [0.1, 0.15) is 0 Å². The van der Waals surface area contributed by atoms with Crippen molar-refractivity contribution >= 4 is 28.5 Å². The van der Waals surface area contributed by atoms with E-state index >= 15 is 0 Å². The van der Waals surface area contributed by atoms with Crippen LogP contribution >= 0.6 is 11.8 Å². The molecule has 0 saturated heterocycles. The van der Waals surface area contributed by atoms with E-state index in [0.29, 0.717) is 5.92 Å². The Morgan fingerprint density at radius 1 is 1.06 bits per heavy atom.